The van der Waals surface area contributed by atoms with E-state index in [0.29, 0.717) is 5.82 Å². The van der Waals surface area contributed by atoms with Gasteiger partial charge in [-0.3, -0.25) is 5.10 Å². The van der Waals surface area contributed by atoms with Crippen molar-refractivity contribution < 1.29 is 8.42 Å². The number of aromatic amines is 1. The van der Waals surface area contributed by atoms with Gasteiger partial charge in [0.05, 0.1) is 11.2 Å². The second-order valence-electron chi connectivity index (χ2n) is 4.36. The molecule has 2 aromatic heterocycles. The molecule has 2 heterocycles. The van der Waals surface area contributed by atoms with Crippen LogP contribution in [0.5, 0.6) is 0 Å². The molecule has 0 unspecified atom stereocenters. The van der Waals surface area contributed by atoms with Crippen molar-refractivity contribution in [2.45, 2.75) is 24.8 Å². The molecule has 0 aliphatic heterocycles. The van der Waals surface area contributed by atoms with Gasteiger partial charge in [-0.05, 0) is 12.5 Å². The van der Waals surface area contributed by atoms with Crippen LogP contribution in [0.2, 0.25) is 5.02 Å². The van der Waals surface area contributed by atoms with E-state index >= 15 is 0 Å². The van der Waals surface area contributed by atoms with Gasteiger partial charge in [-0.2, -0.15) is 5.10 Å². The molecule has 7 nitrogen and oxygen atoms in total. The lowest BCUT2D eigenvalue weighted by atomic mass is 10.4. The summed E-state index contributed by atoms with van der Waals surface area (Å²) in [7, 11) is -3.66. The van der Waals surface area contributed by atoms with Gasteiger partial charge < -0.3 is 5.32 Å². The molecule has 0 atom stereocenters. The maximum absolute atomic E-state index is 12.1. The summed E-state index contributed by atoms with van der Waals surface area (Å²) in [5.41, 5.74) is 0.735. The summed E-state index contributed by atoms with van der Waals surface area (Å²) >= 11 is 6.04. The lowest BCUT2D eigenvalue weighted by Crippen LogP contribution is -2.23. The van der Waals surface area contributed by atoms with E-state index in [1.165, 1.54) is 12.3 Å². The largest absolute Gasteiger partial charge is 0.369 e. The number of H-pyrrole nitrogens is 1. The minimum absolute atomic E-state index is 0.0260. The van der Waals surface area contributed by atoms with Gasteiger partial charge in [-0.25, -0.2) is 18.1 Å². The third kappa shape index (κ3) is 4.16. The molecular weight excluding hydrogens is 314 g/mol. The Bertz CT molecular complexity index is 688. The molecule has 0 saturated carbocycles. The zero-order chi connectivity index (χ0) is 15.3. The Kier molecular flexibility index (Phi) is 5.16. The Morgan fingerprint density at radius 1 is 1.38 bits per heavy atom. The van der Waals surface area contributed by atoms with Crippen LogP contribution in [0.4, 0.5) is 5.82 Å². The quantitative estimate of drug-likeness (QED) is 0.718. The molecule has 0 aliphatic carbocycles. The Balaban J connectivity index is 2.10. The van der Waals surface area contributed by atoms with Crippen LogP contribution in [0.3, 0.4) is 0 Å². The normalized spacial score (nSPS) is 11.5. The van der Waals surface area contributed by atoms with Crippen molar-refractivity contribution in [1.29, 1.82) is 0 Å². The Hall–Kier alpha value is -1.64. The first kappa shape index (κ1) is 15.7. The van der Waals surface area contributed by atoms with Gasteiger partial charge in [-0.15, -0.1) is 0 Å². The van der Waals surface area contributed by atoms with Gasteiger partial charge in [0.1, 0.15) is 10.7 Å². The molecule has 114 valence electrons. The van der Waals surface area contributed by atoms with E-state index in [9.17, 15) is 8.42 Å². The van der Waals surface area contributed by atoms with Gasteiger partial charge in [-0.1, -0.05) is 18.5 Å². The highest BCUT2D eigenvalue weighted by Gasteiger charge is 2.16. The minimum atomic E-state index is -3.66. The molecule has 3 N–H and O–H groups in total. The van der Waals surface area contributed by atoms with E-state index in [1.807, 2.05) is 6.92 Å². The number of nitrogens with one attached hydrogen (secondary N) is 3. The van der Waals surface area contributed by atoms with Crippen LogP contribution in [0.15, 0.2) is 29.6 Å². The van der Waals surface area contributed by atoms with E-state index in [2.05, 4.69) is 25.2 Å². The summed E-state index contributed by atoms with van der Waals surface area (Å²) in [6.45, 7) is 2.88. The van der Waals surface area contributed by atoms with Crippen molar-refractivity contribution in [2.24, 2.45) is 0 Å². The minimum Gasteiger partial charge on any atom is -0.369 e. The van der Waals surface area contributed by atoms with Crippen molar-refractivity contribution in [2.75, 3.05) is 11.9 Å². The fourth-order valence-electron chi connectivity index (χ4n) is 1.58. The van der Waals surface area contributed by atoms with Crippen molar-refractivity contribution in [3.05, 3.63) is 35.2 Å². The number of nitrogens with zero attached hydrogens (tertiary/aromatic N) is 2. The zero-order valence-electron chi connectivity index (χ0n) is 11.4. The average Bonchev–Trinajstić information content (AvgIpc) is 2.97. The van der Waals surface area contributed by atoms with Gasteiger partial charge >= 0.3 is 0 Å². The van der Waals surface area contributed by atoms with Crippen molar-refractivity contribution in [3.8, 4) is 0 Å². The molecule has 0 saturated heterocycles. The lowest BCUT2D eigenvalue weighted by Gasteiger charge is -2.09. The van der Waals surface area contributed by atoms with Crippen LogP contribution in [-0.2, 0) is 16.6 Å². The zero-order valence-corrected chi connectivity index (χ0v) is 13.0. The summed E-state index contributed by atoms with van der Waals surface area (Å²) in [5.74, 6) is 0.479. The third-order valence-corrected chi connectivity index (χ3v) is 4.35. The molecule has 9 heteroatoms. The van der Waals surface area contributed by atoms with Crippen LogP contribution in [0.1, 0.15) is 18.9 Å². The second kappa shape index (κ2) is 6.88. The summed E-state index contributed by atoms with van der Waals surface area (Å²) in [6, 6.07) is 1.38. The highest BCUT2D eigenvalue weighted by molar-refractivity contribution is 7.89. The molecule has 0 aliphatic rings. The smallest absolute Gasteiger partial charge is 0.242 e. The molecule has 21 heavy (non-hydrogen) atoms. The number of rotatable bonds is 7. The molecule has 0 bridgehead atoms. The highest BCUT2D eigenvalue weighted by atomic mass is 35.5. The van der Waals surface area contributed by atoms with Gasteiger partial charge in [0, 0.05) is 31.0 Å². The van der Waals surface area contributed by atoms with E-state index in [-0.39, 0.29) is 16.5 Å². The summed E-state index contributed by atoms with van der Waals surface area (Å²) < 4.78 is 26.7. The second-order valence-corrected chi connectivity index (χ2v) is 6.53. The monoisotopic (exact) mass is 329 g/mol. The standard InChI is InChI=1S/C12H16ClN5O2S/c1-2-3-14-12-11(13)4-10(8-15-12)21(19,20)18-7-9-5-16-17-6-9/h4-6,8,18H,2-3,7H2,1H3,(H,14,15)(H,16,17). The highest BCUT2D eigenvalue weighted by Crippen LogP contribution is 2.22. The maximum atomic E-state index is 12.1. The fraction of sp³-hybridized carbons (Fsp3) is 0.333. The Morgan fingerprint density at radius 2 is 2.19 bits per heavy atom. The SMILES string of the molecule is CCCNc1ncc(S(=O)(=O)NCc2cn[nH]c2)cc1Cl. The predicted octanol–water partition coefficient (Wildman–Crippen LogP) is 1.76. The van der Waals surface area contributed by atoms with Gasteiger partial charge in [0.15, 0.2) is 0 Å². The molecule has 0 fully saturated rings. The third-order valence-electron chi connectivity index (χ3n) is 2.69. The van der Waals surface area contributed by atoms with Crippen LogP contribution < -0.4 is 10.0 Å². The molecule has 0 radical (unpaired) electrons. The summed E-state index contributed by atoms with van der Waals surface area (Å²) in [5, 5.41) is 9.66. The van der Waals surface area contributed by atoms with Crippen LogP contribution in [0.25, 0.3) is 0 Å². The summed E-state index contributed by atoms with van der Waals surface area (Å²) in [6.07, 6.45) is 5.36. The topological polar surface area (TPSA) is 99.8 Å². The number of halogens is 1. The average molecular weight is 330 g/mol. The number of hydrogen-bond acceptors (Lipinski definition) is 5. The molecule has 0 spiro atoms. The number of pyridine rings is 1. The first-order valence-corrected chi connectivity index (χ1v) is 8.26. The molecule has 0 amide bonds. The summed E-state index contributed by atoms with van der Waals surface area (Å²) in [4.78, 5) is 4.07. The Labute approximate surface area is 128 Å². The molecular formula is C12H16ClN5O2S. The van der Waals surface area contributed by atoms with Crippen LogP contribution in [-0.4, -0.2) is 30.1 Å². The van der Waals surface area contributed by atoms with Crippen molar-refractivity contribution >= 4 is 27.4 Å². The first-order valence-electron chi connectivity index (χ1n) is 6.39. The number of aromatic nitrogens is 3. The Morgan fingerprint density at radius 3 is 2.81 bits per heavy atom. The van der Waals surface area contributed by atoms with Gasteiger partial charge in [0.2, 0.25) is 10.0 Å². The van der Waals surface area contributed by atoms with Gasteiger partial charge in [0.25, 0.3) is 0 Å². The van der Waals surface area contributed by atoms with E-state index in [0.717, 1.165) is 18.5 Å². The first-order chi connectivity index (χ1) is 10.0. The van der Waals surface area contributed by atoms with Crippen molar-refractivity contribution in [1.82, 2.24) is 19.9 Å². The van der Waals surface area contributed by atoms with E-state index in [1.54, 1.807) is 12.4 Å². The molecule has 2 rings (SSSR count). The van der Waals surface area contributed by atoms with E-state index < -0.39 is 10.0 Å². The number of anilines is 1. The number of hydrogen-bond donors (Lipinski definition) is 3. The fourth-order valence-corrected chi connectivity index (χ4v) is 2.86. The molecule has 0 aromatic carbocycles. The lowest BCUT2D eigenvalue weighted by molar-refractivity contribution is 0.581. The predicted molar refractivity (Wildman–Crippen MR) is 80.6 cm³/mol. The van der Waals surface area contributed by atoms with Crippen LogP contribution >= 0.6 is 11.6 Å². The number of sulfonamides is 1. The van der Waals surface area contributed by atoms with Crippen LogP contribution in [0, 0.1) is 0 Å². The molecule has 2 aromatic rings. The van der Waals surface area contributed by atoms with E-state index in [4.69, 9.17) is 11.6 Å². The van der Waals surface area contributed by atoms with Crippen molar-refractivity contribution in [3.63, 3.8) is 0 Å². The maximum Gasteiger partial charge on any atom is 0.242 e.